The molecule has 5 nitrogen and oxygen atoms in total. The number of piperidine rings is 1. The molecule has 0 radical (unpaired) electrons. The second-order valence-electron chi connectivity index (χ2n) is 6.10. The highest BCUT2D eigenvalue weighted by Crippen LogP contribution is 2.25. The molecular weight excluding hydrogens is 324 g/mol. The Hall–Kier alpha value is -1.92. The lowest BCUT2D eigenvalue weighted by molar-refractivity contribution is -0.919. The van der Waals surface area contributed by atoms with Gasteiger partial charge in [-0.2, -0.15) is 0 Å². The van der Waals surface area contributed by atoms with Crippen molar-refractivity contribution < 1.29 is 19.2 Å². The molecule has 1 aliphatic rings. The van der Waals surface area contributed by atoms with Crippen LogP contribution in [0.25, 0.3) is 10.6 Å². The van der Waals surface area contributed by atoms with Crippen molar-refractivity contribution in [1.82, 2.24) is 4.98 Å². The van der Waals surface area contributed by atoms with Gasteiger partial charge in [0.05, 0.1) is 33.2 Å². The van der Waals surface area contributed by atoms with Crippen molar-refractivity contribution in [1.29, 1.82) is 0 Å². The van der Waals surface area contributed by atoms with Crippen LogP contribution in [0, 0.1) is 5.92 Å². The number of aromatic nitrogens is 1. The average molecular weight is 347 g/mol. The molecule has 0 bridgehead atoms. The number of esters is 1. The fourth-order valence-electron chi connectivity index (χ4n) is 3.12. The molecule has 0 aliphatic carbocycles. The maximum absolute atomic E-state index is 11.6. The SMILES string of the molecule is COC(=O)C1CC[NH+](Cc2csc(-c3ccc(OC)cc3)n2)CC1. The topological polar surface area (TPSA) is 52.9 Å². The first kappa shape index (κ1) is 16.9. The van der Waals surface area contributed by atoms with Crippen LogP contribution in [0.4, 0.5) is 0 Å². The maximum Gasteiger partial charge on any atom is 0.309 e. The molecule has 0 unspecified atom stereocenters. The highest BCUT2D eigenvalue weighted by molar-refractivity contribution is 7.13. The van der Waals surface area contributed by atoms with E-state index in [1.807, 2.05) is 24.3 Å². The van der Waals surface area contributed by atoms with E-state index in [1.165, 1.54) is 12.0 Å². The number of rotatable bonds is 5. The van der Waals surface area contributed by atoms with E-state index in [4.69, 9.17) is 14.5 Å². The minimum atomic E-state index is -0.0653. The number of benzene rings is 1. The van der Waals surface area contributed by atoms with Crippen LogP contribution < -0.4 is 9.64 Å². The molecule has 0 spiro atoms. The molecule has 0 amide bonds. The number of methoxy groups -OCH3 is 2. The Morgan fingerprint density at radius 1 is 1.25 bits per heavy atom. The number of carbonyl (C=O) groups excluding carboxylic acids is 1. The van der Waals surface area contributed by atoms with Crippen molar-refractivity contribution in [2.45, 2.75) is 19.4 Å². The van der Waals surface area contributed by atoms with E-state index in [9.17, 15) is 4.79 Å². The summed E-state index contributed by atoms with van der Waals surface area (Å²) in [4.78, 5) is 17.8. The number of likely N-dealkylation sites (tertiary alicyclic amines) is 1. The predicted molar refractivity (Wildman–Crippen MR) is 93.2 cm³/mol. The Morgan fingerprint density at radius 2 is 1.96 bits per heavy atom. The quantitative estimate of drug-likeness (QED) is 0.838. The van der Waals surface area contributed by atoms with E-state index in [0.29, 0.717) is 0 Å². The molecule has 1 saturated heterocycles. The molecule has 6 heteroatoms. The van der Waals surface area contributed by atoms with E-state index in [-0.39, 0.29) is 11.9 Å². The lowest BCUT2D eigenvalue weighted by Crippen LogP contribution is -3.11. The molecule has 1 N–H and O–H groups in total. The number of quaternary nitrogens is 1. The number of nitrogens with one attached hydrogen (secondary N) is 1. The van der Waals surface area contributed by atoms with Gasteiger partial charge in [-0.15, -0.1) is 11.3 Å². The lowest BCUT2D eigenvalue weighted by Gasteiger charge is -2.27. The zero-order chi connectivity index (χ0) is 16.9. The van der Waals surface area contributed by atoms with Gasteiger partial charge in [-0.25, -0.2) is 4.98 Å². The number of carbonyl (C=O) groups is 1. The summed E-state index contributed by atoms with van der Waals surface area (Å²) in [5, 5.41) is 3.18. The summed E-state index contributed by atoms with van der Waals surface area (Å²) >= 11 is 1.67. The van der Waals surface area contributed by atoms with Crippen LogP contribution in [-0.2, 0) is 16.1 Å². The lowest BCUT2D eigenvalue weighted by atomic mass is 9.97. The molecule has 1 fully saturated rings. The van der Waals surface area contributed by atoms with Crippen LogP contribution >= 0.6 is 11.3 Å². The van der Waals surface area contributed by atoms with Crippen LogP contribution in [0.3, 0.4) is 0 Å². The van der Waals surface area contributed by atoms with Crippen molar-refractivity contribution in [3.8, 4) is 16.3 Å². The summed E-state index contributed by atoms with van der Waals surface area (Å²) in [6.07, 6.45) is 1.80. The summed E-state index contributed by atoms with van der Waals surface area (Å²) in [7, 11) is 3.14. The summed E-state index contributed by atoms with van der Waals surface area (Å²) in [6, 6.07) is 7.99. The molecule has 1 aromatic carbocycles. The Labute approximate surface area is 146 Å². The normalized spacial score (nSPS) is 20.6. The Bertz CT molecular complexity index is 676. The van der Waals surface area contributed by atoms with Crippen molar-refractivity contribution in [3.05, 3.63) is 35.3 Å². The summed E-state index contributed by atoms with van der Waals surface area (Å²) in [5.74, 6) is 0.863. The highest BCUT2D eigenvalue weighted by Gasteiger charge is 2.28. The average Bonchev–Trinajstić information content (AvgIpc) is 3.10. The van der Waals surface area contributed by atoms with Gasteiger partial charge in [-0.05, 0) is 24.3 Å². The third-order valence-corrected chi connectivity index (χ3v) is 5.49. The number of hydrogen-bond acceptors (Lipinski definition) is 5. The molecule has 2 aromatic rings. The minimum absolute atomic E-state index is 0.0653. The third kappa shape index (κ3) is 3.94. The number of nitrogens with zero attached hydrogens (tertiary/aromatic N) is 1. The molecule has 1 aromatic heterocycles. The predicted octanol–water partition coefficient (Wildman–Crippen LogP) is 1.79. The number of thiazole rings is 1. The van der Waals surface area contributed by atoms with Crippen molar-refractivity contribution in [2.75, 3.05) is 27.3 Å². The second-order valence-corrected chi connectivity index (χ2v) is 6.95. The van der Waals surface area contributed by atoms with Gasteiger partial charge in [0.25, 0.3) is 0 Å². The number of ether oxygens (including phenoxy) is 2. The van der Waals surface area contributed by atoms with Crippen LogP contribution in [0.15, 0.2) is 29.6 Å². The van der Waals surface area contributed by atoms with Gasteiger partial charge < -0.3 is 14.4 Å². The zero-order valence-electron chi connectivity index (χ0n) is 14.1. The van der Waals surface area contributed by atoms with Crippen molar-refractivity contribution in [2.24, 2.45) is 5.92 Å². The Balaban J connectivity index is 1.57. The smallest absolute Gasteiger partial charge is 0.309 e. The first-order valence-electron chi connectivity index (χ1n) is 8.20. The van der Waals surface area contributed by atoms with Gasteiger partial charge in [-0.1, -0.05) is 0 Å². The fraction of sp³-hybridized carbons (Fsp3) is 0.444. The maximum atomic E-state index is 11.6. The first-order valence-corrected chi connectivity index (χ1v) is 9.07. The molecule has 0 saturated carbocycles. The molecule has 24 heavy (non-hydrogen) atoms. The van der Waals surface area contributed by atoms with Gasteiger partial charge >= 0.3 is 5.97 Å². The minimum Gasteiger partial charge on any atom is -0.497 e. The van der Waals surface area contributed by atoms with Crippen LogP contribution in [-0.4, -0.2) is 38.3 Å². The molecule has 2 heterocycles. The van der Waals surface area contributed by atoms with E-state index in [0.717, 1.165) is 54.5 Å². The first-order chi connectivity index (χ1) is 11.7. The van der Waals surface area contributed by atoms with Gasteiger partial charge in [0.15, 0.2) is 0 Å². The molecule has 3 rings (SSSR count). The van der Waals surface area contributed by atoms with Crippen molar-refractivity contribution >= 4 is 17.3 Å². The van der Waals surface area contributed by atoms with Crippen LogP contribution in [0.2, 0.25) is 0 Å². The van der Waals surface area contributed by atoms with Gasteiger partial charge in [0.1, 0.15) is 23.0 Å². The van der Waals surface area contributed by atoms with E-state index < -0.39 is 0 Å². The number of hydrogen-bond donors (Lipinski definition) is 1. The summed E-state index contributed by atoms with van der Waals surface area (Å²) in [6.45, 7) is 2.91. The molecular formula is C18H23N2O3S+. The summed E-state index contributed by atoms with van der Waals surface area (Å²) in [5.41, 5.74) is 2.24. The Kier molecular flexibility index (Phi) is 5.48. The summed E-state index contributed by atoms with van der Waals surface area (Å²) < 4.78 is 10.0. The van der Waals surface area contributed by atoms with Gasteiger partial charge in [0.2, 0.25) is 0 Å². The third-order valence-electron chi connectivity index (χ3n) is 4.55. The standard InChI is InChI=1S/C18H22N2O3S/c1-22-16-5-3-13(4-6-16)17-19-15(12-24-17)11-20-9-7-14(8-10-20)18(21)23-2/h3-6,12,14H,7-11H2,1-2H3/p+1. The van der Waals surface area contributed by atoms with Crippen molar-refractivity contribution in [3.63, 3.8) is 0 Å². The van der Waals surface area contributed by atoms with Gasteiger partial charge in [-0.3, -0.25) is 4.79 Å². The molecule has 1 aliphatic heterocycles. The van der Waals surface area contributed by atoms with E-state index >= 15 is 0 Å². The zero-order valence-corrected chi connectivity index (χ0v) is 14.9. The monoisotopic (exact) mass is 347 g/mol. The van der Waals surface area contributed by atoms with E-state index in [1.54, 1.807) is 18.4 Å². The molecule has 128 valence electrons. The van der Waals surface area contributed by atoms with Crippen LogP contribution in [0.1, 0.15) is 18.5 Å². The second kappa shape index (κ2) is 7.77. The Morgan fingerprint density at radius 3 is 2.58 bits per heavy atom. The van der Waals surface area contributed by atoms with Gasteiger partial charge in [0, 0.05) is 23.8 Å². The molecule has 0 atom stereocenters. The highest BCUT2D eigenvalue weighted by atomic mass is 32.1. The van der Waals surface area contributed by atoms with E-state index in [2.05, 4.69) is 5.38 Å². The fourth-order valence-corrected chi connectivity index (χ4v) is 3.94. The largest absolute Gasteiger partial charge is 0.497 e. The van der Waals surface area contributed by atoms with Crippen LogP contribution in [0.5, 0.6) is 5.75 Å².